The van der Waals surface area contributed by atoms with Gasteiger partial charge in [-0.25, -0.2) is 0 Å². The molecule has 0 bridgehead atoms. The first-order valence-corrected chi connectivity index (χ1v) is 9.80. The summed E-state index contributed by atoms with van der Waals surface area (Å²) in [4.78, 5) is 23.1. The van der Waals surface area contributed by atoms with Crippen LogP contribution in [0.1, 0.15) is 77.6 Å². The number of esters is 1. The van der Waals surface area contributed by atoms with Crippen LogP contribution >= 0.6 is 11.6 Å². The molecule has 0 heterocycles. The predicted molar refractivity (Wildman–Crippen MR) is 100 cm³/mol. The second-order valence-corrected chi connectivity index (χ2v) is 8.14. The molecule has 24 heavy (non-hydrogen) atoms. The summed E-state index contributed by atoms with van der Waals surface area (Å²) in [6.07, 6.45) is 11.0. The van der Waals surface area contributed by atoms with E-state index in [1.807, 2.05) is 21.1 Å². The Kier molecular flexibility index (Phi) is 13.3. The van der Waals surface area contributed by atoms with Crippen LogP contribution in [0.25, 0.3) is 0 Å². The largest absolute Gasteiger partial charge is 0.456 e. The van der Waals surface area contributed by atoms with Gasteiger partial charge in [0.2, 0.25) is 5.24 Å². The van der Waals surface area contributed by atoms with E-state index < -0.39 is 11.3 Å². The second-order valence-electron chi connectivity index (χ2n) is 7.72. The van der Waals surface area contributed by atoms with Gasteiger partial charge in [0, 0.05) is 6.42 Å². The van der Waals surface area contributed by atoms with Gasteiger partial charge in [0.15, 0.2) is 6.10 Å². The van der Waals surface area contributed by atoms with Crippen molar-refractivity contribution >= 4 is 22.8 Å². The first kappa shape index (κ1) is 23.4. The van der Waals surface area contributed by atoms with Crippen molar-refractivity contribution in [1.82, 2.24) is 0 Å². The topological polar surface area (TPSA) is 43.4 Å². The molecule has 0 radical (unpaired) electrons. The summed E-state index contributed by atoms with van der Waals surface area (Å²) in [5.74, 6) is -0.214. The molecule has 0 aliphatic heterocycles. The van der Waals surface area contributed by atoms with Crippen LogP contribution in [-0.2, 0) is 14.3 Å². The number of carbonyl (C=O) groups is 2. The molecule has 0 saturated heterocycles. The van der Waals surface area contributed by atoms with Crippen LogP contribution in [0.5, 0.6) is 0 Å². The highest BCUT2D eigenvalue weighted by molar-refractivity contribution is 6.63. The van der Waals surface area contributed by atoms with Gasteiger partial charge in [-0.15, -0.1) is 0 Å². The fourth-order valence-electron chi connectivity index (χ4n) is 2.76. The minimum atomic E-state index is -0.454. The quantitative estimate of drug-likeness (QED) is 0.184. The van der Waals surface area contributed by atoms with E-state index in [-0.39, 0.29) is 12.4 Å². The molecule has 0 rings (SSSR count). The summed E-state index contributed by atoms with van der Waals surface area (Å²) >= 11 is 5.45. The summed E-state index contributed by atoms with van der Waals surface area (Å²) in [6.45, 7) is 2.81. The van der Waals surface area contributed by atoms with Crippen molar-refractivity contribution in [2.75, 3.05) is 27.7 Å². The van der Waals surface area contributed by atoms with Gasteiger partial charge in [-0.3, -0.25) is 9.59 Å². The number of hydrogen-bond acceptors (Lipinski definition) is 3. The fourth-order valence-corrected chi connectivity index (χ4v) is 2.93. The lowest BCUT2D eigenvalue weighted by Gasteiger charge is -2.28. The number of unbranched alkanes of at least 4 members (excludes halogenated alkanes) is 8. The molecule has 1 unspecified atom stereocenters. The number of rotatable bonds is 15. The molecule has 0 aromatic rings. The SMILES string of the molecule is CCCCCCCCCCCC(=O)OC(CC(=O)Cl)C[N+](C)(C)C. The van der Waals surface area contributed by atoms with E-state index in [1.165, 1.54) is 44.9 Å². The Morgan fingerprint density at radius 2 is 1.42 bits per heavy atom. The molecule has 0 aliphatic carbocycles. The standard InChI is InChI=1S/C19H37ClNO3/c1-5-6-7-8-9-10-11-12-13-14-19(23)24-17(15-18(20)22)16-21(2,3)4/h17H,5-16H2,1-4H3/q+1. The van der Waals surface area contributed by atoms with Crippen LogP contribution in [-0.4, -0.2) is 49.5 Å². The Hall–Kier alpha value is -0.610. The molecule has 0 aromatic carbocycles. The highest BCUT2D eigenvalue weighted by Crippen LogP contribution is 2.12. The summed E-state index contributed by atoms with van der Waals surface area (Å²) in [7, 11) is 6.00. The molecule has 142 valence electrons. The Bertz CT molecular complexity index is 353. The van der Waals surface area contributed by atoms with E-state index in [2.05, 4.69) is 6.92 Å². The van der Waals surface area contributed by atoms with E-state index in [9.17, 15) is 9.59 Å². The van der Waals surface area contributed by atoms with E-state index in [4.69, 9.17) is 16.3 Å². The molecule has 0 spiro atoms. The van der Waals surface area contributed by atoms with Crippen LogP contribution in [0.3, 0.4) is 0 Å². The molecule has 0 saturated carbocycles. The average molecular weight is 363 g/mol. The Labute approximate surface area is 153 Å². The minimum Gasteiger partial charge on any atom is -0.456 e. The smallest absolute Gasteiger partial charge is 0.306 e. The van der Waals surface area contributed by atoms with Crippen LogP contribution < -0.4 is 0 Å². The molecule has 0 aromatic heterocycles. The number of carbonyl (C=O) groups excluding carboxylic acids is 2. The summed E-state index contributed by atoms with van der Waals surface area (Å²) < 4.78 is 6.07. The lowest BCUT2D eigenvalue weighted by molar-refractivity contribution is -0.873. The molecule has 0 N–H and O–H groups in total. The van der Waals surface area contributed by atoms with Crippen LogP contribution in [0.4, 0.5) is 0 Å². The van der Waals surface area contributed by atoms with Crippen LogP contribution in [0.2, 0.25) is 0 Å². The van der Waals surface area contributed by atoms with Gasteiger partial charge in [-0.2, -0.15) is 0 Å². The number of ether oxygens (including phenoxy) is 1. The first-order valence-electron chi connectivity index (χ1n) is 9.43. The number of nitrogens with zero attached hydrogens (tertiary/aromatic N) is 1. The highest BCUT2D eigenvalue weighted by atomic mass is 35.5. The zero-order valence-corrected chi connectivity index (χ0v) is 16.9. The number of halogens is 1. The summed E-state index contributed by atoms with van der Waals surface area (Å²) in [5, 5.41) is -0.454. The zero-order chi connectivity index (χ0) is 18.4. The van der Waals surface area contributed by atoms with Gasteiger partial charge in [0.25, 0.3) is 0 Å². The van der Waals surface area contributed by atoms with Gasteiger partial charge in [0.1, 0.15) is 6.54 Å². The van der Waals surface area contributed by atoms with Gasteiger partial charge >= 0.3 is 5.97 Å². The normalized spacial score (nSPS) is 12.9. The highest BCUT2D eigenvalue weighted by Gasteiger charge is 2.24. The molecule has 1 atom stereocenters. The Balaban J connectivity index is 3.82. The molecule has 4 nitrogen and oxygen atoms in total. The van der Waals surface area contributed by atoms with Crippen LogP contribution in [0, 0.1) is 0 Å². The summed E-state index contributed by atoms with van der Waals surface area (Å²) in [5.41, 5.74) is 0. The van der Waals surface area contributed by atoms with Crippen molar-refractivity contribution in [3.8, 4) is 0 Å². The second kappa shape index (κ2) is 13.7. The average Bonchev–Trinajstić information content (AvgIpc) is 2.42. The zero-order valence-electron chi connectivity index (χ0n) is 16.1. The monoisotopic (exact) mass is 362 g/mol. The van der Waals surface area contributed by atoms with Crippen molar-refractivity contribution in [3.05, 3.63) is 0 Å². The predicted octanol–water partition coefficient (Wildman–Crippen LogP) is 4.68. The van der Waals surface area contributed by atoms with Crippen molar-refractivity contribution < 1.29 is 18.8 Å². The van der Waals surface area contributed by atoms with Crippen molar-refractivity contribution in [3.63, 3.8) is 0 Å². The van der Waals surface area contributed by atoms with Gasteiger partial charge in [0.05, 0.1) is 27.6 Å². The maximum absolute atomic E-state index is 11.9. The van der Waals surface area contributed by atoms with E-state index in [0.29, 0.717) is 17.4 Å². The van der Waals surface area contributed by atoms with E-state index in [1.54, 1.807) is 0 Å². The van der Waals surface area contributed by atoms with Crippen LogP contribution in [0.15, 0.2) is 0 Å². The third-order valence-corrected chi connectivity index (χ3v) is 4.08. The molecular weight excluding hydrogens is 326 g/mol. The maximum Gasteiger partial charge on any atom is 0.306 e. The molecular formula is C19H37ClNO3+. The third kappa shape index (κ3) is 16.3. The van der Waals surface area contributed by atoms with Crippen molar-refractivity contribution in [2.24, 2.45) is 0 Å². The molecule has 0 amide bonds. The van der Waals surface area contributed by atoms with Crippen molar-refractivity contribution in [1.29, 1.82) is 0 Å². The maximum atomic E-state index is 11.9. The molecule has 0 aliphatic rings. The molecule has 5 heteroatoms. The lowest BCUT2D eigenvalue weighted by atomic mass is 10.1. The van der Waals surface area contributed by atoms with Crippen molar-refractivity contribution in [2.45, 2.75) is 83.7 Å². The van der Waals surface area contributed by atoms with E-state index in [0.717, 1.165) is 12.8 Å². The number of likely N-dealkylation sites (N-methyl/N-ethyl adjacent to an activating group) is 1. The minimum absolute atomic E-state index is 0.0839. The van der Waals surface area contributed by atoms with Gasteiger partial charge in [-0.1, -0.05) is 58.3 Å². The third-order valence-electron chi connectivity index (χ3n) is 3.92. The van der Waals surface area contributed by atoms with Gasteiger partial charge in [-0.05, 0) is 18.0 Å². The first-order chi connectivity index (χ1) is 11.2. The summed E-state index contributed by atoms with van der Waals surface area (Å²) in [6, 6.07) is 0. The van der Waals surface area contributed by atoms with Gasteiger partial charge < -0.3 is 9.22 Å². The van der Waals surface area contributed by atoms with E-state index >= 15 is 0 Å². The Morgan fingerprint density at radius 3 is 1.88 bits per heavy atom. The number of quaternary nitrogens is 1. The number of hydrogen-bond donors (Lipinski definition) is 0. The fraction of sp³-hybridized carbons (Fsp3) is 0.895. The Morgan fingerprint density at radius 1 is 0.917 bits per heavy atom. The lowest BCUT2D eigenvalue weighted by Crippen LogP contribution is -2.43. The molecule has 0 fully saturated rings.